The van der Waals surface area contributed by atoms with Gasteiger partial charge in [0.15, 0.2) is 0 Å². The summed E-state index contributed by atoms with van der Waals surface area (Å²) in [6.45, 7) is 0.448. The predicted molar refractivity (Wildman–Crippen MR) is 75.5 cm³/mol. The Hall–Kier alpha value is -2.56. The maximum atomic E-state index is 11.9. The van der Waals surface area contributed by atoms with Gasteiger partial charge in [-0.05, 0) is 23.8 Å². The number of nitrogens with zero attached hydrogens (tertiary/aromatic N) is 1. The van der Waals surface area contributed by atoms with E-state index in [0.29, 0.717) is 18.1 Å². The van der Waals surface area contributed by atoms with E-state index in [9.17, 15) is 4.79 Å². The van der Waals surface area contributed by atoms with Gasteiger partial charge in [0.1, 0.15) is 23.4 Å². The second-order valence-corrected chi connectivity index (χ2v) is 4.71. The molecule has 2 heterocycles. The number of hydrogen-bond donors (Lipinski definition) is 2. The van der Waals surface area contributed by atoms with E-state index in [1.165, 1.54) is 5.56 Å². The van der Waals surface area contributed by atoms with Gasteiger partial charge in [0.25, 0.3) is 5.91 Å². The Bertz CT molecular complexity index is 618. The van der Waals surface area contributed by atoms with Crippen molar-refractivity contribution in [3.05, 3.63) is 53.7 Å². The van der Waals surface area contributed by atoms with Crippen LogP contribution in [0.2, 0.25) is 0 Å². The number of benzene rings is 1. The second kappa shape index (κ2) is 5.21. The number of anilines is 1. The highest BCUT2D eigenvalue weighted by Gasteiger charge is 2.22. The van der Waals surface area contributed by atoms with Gasteiger partial charge in [-0.2, -0.15) is 0 Å². The number of pyridine rings is 1. The lowest BCUT2D eigenvalue weighted by Gasteiger charge is -2.11. The summed E-state index contributed by atoms with van der Waals surface area (Å²) in [6.07, 6.45) is 0.776. The highest BCUT2D eigenvalue weighted by molar-refractivity contribution is 5.92. The van der Waals surface area contributed by atoms with Crippen LogP contribution >= 0.6 is 0 Å². The molecule has 2 aromatic rings. The van der Waals surface area contributed by atoms with Crippen molar-refractivity contribution in [2.45, 2.75) is 12.5 Å². The van der Waals surface area contributed by atoms with Crippen molar-refractivity contribution in [1.82, 2.24) is 10.3 Å². The molecular formula is C15H15N3O2. The number of nitrogens with one attached hydrogen (secondary N) is 1. The van der Waals surface area contributed by atoms with Crippen LogP contribution in [0, 0.1) is 0 Å². The number of rotatable bonds is 3. The third kappa shape index (κ3) is 2.56. The molecule has 1 aliphatic rings. The molecule has 5 heteroatoms. The van der Waals surface area contributed by atoms with Gasteiger partial charge in [0.05, 0.1) is 6.54 Å². The lowest BCUT2D eigenvalue weighted by Crippen LogP contribution is -2.34. The Kier molecular flexibility index (Phi) is 3.25. The molecule has 0 fully saturated rings. The van der Waals surface area contributed by atoms with E-state index in [1.807, 2.05) is 24.3 Å². The topological polar surface area (TPSA) is 77.2 Å². The zero-order valence-corrected chi connectivity index (χ0v) is 10.9. The van der Waals surface area contributed by atoms with Gasteiger partial charge in [-0.1, -0.05) is 24.3 Å². The molecule has 5 nitrogen and oxygen atoms in total. The summed E-state index contributed by atoms with van der Waals surface area (Å²) in [5, 5.41) is 2.82. The predicted octanol–water partition coefficient (Wildman–Crippen LogP) is 1.40. The van der Waals surface area contributed by atoms with Crippen molar-refractivity contribution in [3.63, 3.8) is 0 Å². The summed E-state index contributed by atoms with van der Waals surface area (Å²) >= 11 is 0. The molecule has 0 bridgehead atoms. The van der Waals surface area contributed by atoms with Gasteiger partial charge in [0.2, 0.25) is 0 Å². The number of amides is 1. The quantitative estimate of drug-likeness (QED) is 0.883. The average Bonchev–Trinajstić information content (AvgIpc) is 2.87. The summed E-state index contributed by atoms with van der Waals surface area (Å²) in [5.41, 5.74) is 7.05. The Morgan fingerprint density at radius 3 is 2.95 bits per heavy atom. The maximum absolute atomic E-state index is 11.9. The van der Waals surface area contributed by atoms with E-state index in [0.717, 1.165) is 12.2 Å². The van der Waals surface area contributed by atoms with Gasteiger partial charge >= 0.3 is 0 Å². The highest BCUT2D eigenvalue weighted by atomic mass is 16.5. The minimum absolute atomic E-state index is 0.0302. The molecule has 3 rings (SSSR count). The molecular weight excluding hydrogens is 254 g/mol. The van der Waals surface area contributed by atoms with Crippen LogP contribution in [-0.4, -0.2) is 23.5 Å². The molecule has 1 aromatic carbocycles. The Morgan fingerprint density at radius 2 is 2.15 bits per heavy atom. The van der Waals surface area contributed by atoms with Gasteiger partial charge in [-0.3, -0.25) is 4.79 Å². The van der Waals surface area contributed by atoms with Gasteiger partial charge in [-0.15, -0.1) is 0 Å². The molecule has 0 radical (unpaired) electrons. The zero-order valence-electron chi connectivity index (χ0n) is 10.9. The van der Waals surface area contributed by atoms with Crippen LogP contribution in [0.5, 0.6) is 5.75 Å². The lowest BCUT2D eigenvalue weighted by molar-refractivity contribution is 0.0928. The van der Waals surface area contributed by atoms with Crippen molar-refractivity contribution in [3.8, 4) is 5.75 Å². The molecule has 1 amide bonds. The van der Waals surface area contributed by atoms with Gasteiger partial charge < -0.3 is 15.8 Å². The first-order valence-electron chi connectivity index (χ1n) is 6.47. The second-order valence-electron chi connectivity index (χ2n) is 4.71. The number of hydrogen-bond acceptors (Lipinski definition) is 4. The summed E-state index contributed by atoms with van der Waals surface area (Å²) in [6, 6.07) is 12.9. The van der Waals surface area contributed by atoms with Crippen molar-refractivity contribution in [2.24, 2.45) is 0 Å². The van der Waals surface area contributed by atoms with E-state index < -0.39 is 0 Å². The molecule has 0 aliphatic carbocycles. The first-order valence-corrected chi connectivity index (χ1v) is 6.47. The molecule has 1 aliphatic heterocycles. The smallest absolute Gasteiger partial charge is 0.270 e. The van der Waals surface area contributed by atoms with E-state index in [4.69, 9.17) is 10.5 Å². The van der Waals surface area contributed by atoms with Crippen LogP contribution in [0.1, 0.15) is 16.1 Å². The van der Waals surface area contributed by atoms with E-state index in [1.54, 1.807) is 18.2 Å². The summed E-state index contributed by atoms with van der Waals surface area (Å²) in [4.78, 5) is 15.9. The van der Waals surface area contributed by atoms with Crippen molar-refractivity contribution >= 4 is 11.7 Å². The minimum atomic E-state index is -0.239. The average molecular weight is 269 g/mol. The fourth-order valence-corrected chi connectivity index (χ4v) is 2.24. The number of para-hydroxylation sites is 1. The van der Waals surface area contributed by atoms with Crippen LogP contribution < -0.4 is 15.8 Å². The molecule has 102 valence electrons. The summed E-state index contributed by atoms with van der Waals surface area (Å²) < 4.78 is 5.76. The molecule has 1 aromatic heterocycles. The lowest BCUT2D eigenvalue weighted by atomic mass is 10.1. The Morgan fingerprint density at radius 1 is 1.30 bits per heavy atom. The Labute approximate surface area is 116 Å². The van der Waals surface area contributed by atoms with Gasteiger partial charge in [0, 0.05) is 6.42 Å². The summed E-state index contributed by atoms with van der Waals surface area (Å²) in [7, 11) is 0. The fourth-order valence-electron chi connectivity index (χ4n) is 2.24. The van der Waals surface area contributed by atoms with Crippen molar-refractivity contribution in [2.75, 3.05) is 12.3 Å². The van der Waals surface area contributed by atoms with Crippen molar-refractivity contribution < 1.29 is 9.53 Å². The Balaban J connectivity index is 1.58. The van der Waals surface area contributed by atoms with Crippen LogP contribution in [0.25, 0.3) is 0 Å². The molecule has 1 unspecified atom stereocenters. The van der Waals surface area contributed by atoms with Crippen LogP contribution in [-0.2, 0) is 6.42 Å². The standard InChI is InChI=1S/C15H15N3O2/c16-14-7-3-5-12(18-14)15(19)17-9-11-8-10-4-1-2-6-13(10)20-11/h1-7,11H,8-9H2,(H2,16,18)(H,17,19). The number of carbonyl (C=O) groups excluding carboxylic acids is 1. The SMILES string of the molecule is Nc1cccc(C(=O)NCC2Cc3ccccc3O2)n1. The van der Waals surface area contributed by atoms with E-state index in [2.05, 4.69) is 10.3 Å². The normalized spacial score (nSPS) is 16.3. The molecule has 1 atom stereocenters. The van der Waals surface area contributed by atoms with Crippen molar-refractivity contribution in [1.29, 1.82) is 0 Å². The number of carbonyl (C=O) groups is 1. The number of aromatic nitrogens is 1. The molecule has 3 N–H and O–H groups in total. The van der Waals surface area contributed by atoms with Crippen LogP contribution in [0.4, 0.5) is 5.82 Å². The first-order chi connectivity index (χ1) is 9.72. The van der Waals surface area contributed by atoms with Crippen LogP contribution in [0.3, 0.4) is 0 Å². The number of fused-ring (bicyclic) bond motifs is 1. The monoisotopic (exact) mass is 269 g/mol. The fraction of sp³-hybridized carbons (Fsp3) is 0.200. The third-order valence-electron chi connectivity index (χ3n) is 3.21. The number of nitrogen functional groups attached to an aromatic ring is 1. The third-order valence-corrected chi connectivity index (χ3v) is 3.21. The number of ether oxygens (including phenoxy) is 1. The van der Waals surface area contributed by atoms with Gasteiger partial charge in [-0.25, -0.2) is 4.98 Å². The molecule has 0 spiro atoms. The largest absolute Gasteiger partial charge is 0.488 e. The summed E-state index contributed by atoms with van der Waals surface area (Å²) in [5.74, 6) is 0.993. The molecule has 20 heavy (non-hydrogen) atoms. The zero-order chi connectivity index (χ0) is 13.9. The van der Waals surface area contributed by atoms with E-state index in [-0.39, 0.29) is 12.0 Å². The maximum Gasteiger partial charge on any atom is 0.270 e. The first kappa shape index (κ1) is 12.5. The number of nitrogens with two attached hydrogens (primary N) is 1. The molecule has 0 saturated carbocycles. The highest BCUT2D eigenvalue weighted by Crippen LogP contribution is 2.27. The molecule has 0 saturated heterocycles. The van der Waals surface area contributed by atoms with E-state index >= 15 is 0 Å². The van der Waals surface area contributed by atoms with Crippen LogP contribution in [0.15, 0.2) is 42.5 Å². The minimum Gasteiger partial charge on any atom is -0.488 e.